The highest BCUT2D eigenvalue weighted by atomic mass is 16.6. The SMILES string of the molecule is CC([O])C(=O)OC1CCC1. The maximum atomic E-state index is 10.6. The number of hydrogen-bond acceptors (Lipinski definition) is 2. The van der Waals surface area contributed by atoms with Crippen LogP contribution in [0.4, 0.5) is 0 Å². The summed E-state index contributed by atoms with van der Waals surface area (Å²) in [4.78, 5) is 10.6. The Hall–Kier alpha value is -0.570. The van der Waals surface area contributed by atoms with Crippen LogP contribution in [0.3, 0.4) is 0 Å². The van der Waals surface area contributed by atoms with Crippen LogP contribution >= 0.6 is 0 Å². The van der Waals surface area contributed by atoms with E-state index in [1.807, 2.05) is 0 Å². The van der Waals surface area contributed by atoms with Crippen LogP contribution in [0.5, 0.6) is 0 Å². The van der Waals surface area contributed by atoms with E-state index in [0.29, 0.717) is 0 Å². The topological polar surface area (TPSA) is 46.2 Å². The molecule has 1 aliphatic carbocycles. The van der Waals surface area contributed by atoms with Crippen LogP contribution in [-0.2, 0) is 14.6 Å². The highest BCUT2D eigenvalue weighted by Gasteiger charge is 2.23. The molecular weight excluding hydrogens is 132 g/mol. The highest BCUT2D eigenvalue weighted by molar-refractivity contribution is 5.73. The smallest absolute Gasteiger partial charge is 0.338 e. The molecule has 0 aromatic heterocycles. The van der Waals surface area contributed by atoms with Gasteiger partial charge in [-0.25, -0.2) is 9.90 Å². The first-order chi connectivity index (χ1) is 4.70. The van der Waals surface area contributed by atoms with Gasteiger partial charge < -0.3 is 4.74 Å². The van der Waals surface area contributed by atoms with Crippen molar-refractivity contribution in [2.24, 2.45) is 0 Å². The summed E-state index contributed by atoms with van der Waals surface area (Å²) in [5, 5.41) is 10.4. The Kier molecular flexibility index (Phi) is 2.27. The van der Waals surface area contributed by atoms with Crippen LogP contribution in [0, 0.1) is 0 Å². The van der Waals surface area contributed by atoms with E-state index >= 15 is 0 Å². The number of hydrogen-bond donors (Lipinski definition) is 0. The fraction of sp³-hybridized carbons (Fsp3) is 0.857. The van der Waals surface area contributed by atoms with Gasteiger partial charge in [0.1, 0.15) is 6.10 Å². The summed E-state index contributed by atoms with van der Waals surface area (Å²) in [7, 11) is 0. The van der Waals surface area contributed by atoms with E-state index in [9.17, 15) is 9.90 Å². The number of carbonyl (C=O) groups excluding carboxylic acids is 1. The molecule has 0 spiro atoms. The lowest BCUT2D eigenvalue weighted by molar-refractivity contribution is -0.165. The maximum Gasteiger partial charge on any atom is 0.338 e. The van der Waals surface area contributed by atoms with Gasteiger partial charge in [0, 0.05) is 0 Å². The number of rotatable bonds is 2. The second kappa shape index (κ2) is 3.01. The minimum Gasteiger partial charge on any atom is -0.460 e. The molecule has 1 saturated carbocycles. The predicted molar refractivity (Wildman–Crippen MR) is 33.9 cm³/mol. The largest absolute Gasteiger partial charge is 0.460 e. The van der Waals surface area contributed by atoms with Crippen LogP contribution in [0.1, 0.15) is 26.2 Å². The first kappa shape index (κ1) is 7.54. The molecule has 0 aliphatic heterocycles. The average Bonchev–Trinajstić information content (AvgIpc) is 1.77. The molecule has 0 saturated heterocycles. The van der Waals surface area contributed by atoms with Crippen LogP contribution in [0.15, 0.2) is 0 Å². The van der Waals surface area contributed by atoms with E-state index in [1.165, 1.54) is 6.92 Å². The van der Waals surface area contributed by atoms with E-state index in [4.69, 9.17) is 4.74 Å². The van der Waals surface area contributed by atoms with Gasteiger partial charge in [0.05, 0.1) is 0 Å². The lowest BCUT2D eigenvalue weighted by atomic mass is 9.96. The molecule has 0 heterocycles. The van der Waals surface area contributed by atoms with Gasteiger partial charge in [0.15, 0.2) is 6.10 Å². The molecule has 3 nitrogen and oxygen atoms in total. The zero-order valence-electron chi connectivity index (χ0n) is 6.00. The van der Waals surface area contributed by atoms with Gasteiger partial charge in [-0.1, -0.05) is 0 Å². The Morgan fingerprint density at radius 1 is 1.60 bits per heavy atom. The van der Waals surface area contributed by atoms with E-state index in [2.05, 4.69) is 0 Å². The van der Waals surface area contributed by atoms with E-state index in [1.54, 1.807) is 0 Å². The van der Waals surface area contributed by atoms with Crippen LogP contribution in [-0.4, -0.2) is 18.2 Å². The van der Waals surface area contributed by atoms with Crippen LogP contribution in [0.2, 0.25) is 0 Å². The molecule has 0 aromatic carbocycles. The Labute approximate surface area is 60.0 Å². The molecule has 1 rings (SSSR count). The number of ether oxygens (including phenoxy) is 1. The molecule has 0 amide bonds. The molecule has 1 aliphatic rings. The monoisotopic (exact) mass is 143 g/mol. The molecule has 0 bridgehead atoms. The van der Waals surface area contributed by atoms with Gasteiger partial charge in [-0.05, 0) is 26.2 Å². The molecule has 0 N–H and O–H groups in total. The Morgan fingerprint density at radius 3 is 2.50 bits per heavy atom. The van der Waals surface area contributed by atoms with Crippen molar-refractivity contribution in [3.63, 3.8) is 0 Å². The summed E-state index contributed by atoms with van der Waals surface area (Å²) in [5.74, 6) is -0.607. The van der Waals surface area contributed by atoms with Gasteiger partial charge in [0.2, 0.25) is 0 Å². The third kappa shape index (κ3) is 1.70. The van der Waals surface area contributed by atoms with Crippen molar-refractivity contribution in [2.75, 3.05) is 0 Å². The minimum absolute atomic E-state index is 0.0453. The third-order valence-corrected chi connectivity index (χ3v) is 1.67. The van der Waals surface area contributed by atoms with E-state index < -0.39 is 12.1 Å². The predicted octanol–water partition coefficient (Wildman–Crippen LogP) is 0.901. The Morgan fingerprint density at radius 2 is 2.20 bits per heavy atom. The first-order valence-electron chi connectivity index (χ1n) is 3.56. The standard InChI is InChI=1S/C7H11O3/c1-5(8)7(9)10-6-3-2-4-6/h5-6H,2-4H2,1H3. The second-order valence-electron chi connectivity index (χ2n) is 2.63. The molecule has 1 fully saturated rings. The number of esters is 1. The van der Waals surface area contributed by atoms with Crippen molar-refractivity contribution >= 4 is 5.97 Å². The zero-order chi connectivity index (χ0) is 7.56. The minimum atomic E-state index is -1.22. The van der Waals surface area contributed by atoms with Crippen LogP contribution in [0.25, 0.3) is 0 Å². The first-order valence-corrected chi connectivity index (χ1v) is 3.56. The van der Waals surface area contributed by atoms with Gasteiger partial charge in [-0.15, -0.1) is 0 Å². The molecule has 57 valence electrons. The average molecular weight is 143 g/mol. The van der Waals surface area contributed by atoms with Crippen molar-refractivity contribution in [1.29, 1.82) is 0 Å². The van der Waals surface area contributed by atoms with Crippen LogP contribution < -0.4 is 0 Å². The fourth-order valence-electron chi connectivity index (χ4n) is 0.749. The van der Waals surface area contributed by atoms with Gasteiger partial charge >= 0.3 is 5.97 Å². The summed E-state index contributed by atoms with van der Waals surface area (Å²) in [6, 6.07) is 0. The maximum absolute atomic E-state index is 10.6. The number of carbonyl (C=O) groups is 1. The molecule has 0 aromatic rings. The molecule has 3 heteroatoms. The van der Waals surface area contributed by atoms with Crippen molar-refractivity contribution in [1.82, 2.24) is 0 Å². The molecule has 10 heavy (non-hydrogen) atoms. The summed E-state index contributed by atoms with van der Waals surface area (Å²) in [6.07, 6.45) is 1.80. The molecule has 1 unspecified atom stereocenters. The summed E-state index contributed by atoms with van der Waals surface area (Å²) >= 11 is 0. The van der Waals surface area contributed by atoms with Gasteiger partial charge in [-0.3, -0.25) is 0 Å². The summed E-state index contributed by atoms with van der Waals surface area (Å²) < 4.78 is 4.80. The van der Waals surface area contributed by atoms with Crippen molar-refractivity contribution in [3.05, 3.63) is 0 Å². The molecular formula is C7H11O3. The normalized spacial score (nSPS) is 21.4. The zero-order valence-corrected chi connectivity index (χ0v) is 6.00. The van der Waals surface area contributed by atoms with Gasteiger partial charge in [-0.2, -0.15) is 0 Å². The van der Waals surface area contributed by atoms with Gasteiger partial charge in [0.25, 0.3) is 0 Å². The highest BCUT2D eigenvalue weighted by Crippen LogP contribution is 2.22. The Balaban J connectivity index is 2.17. The quantitative estimate of drug-likeness (QED) is 0.539. The Bertz CT molecular complexity index is 127. The van der Waals surface area contributed by atoms with Crippen molar-refractivity contribution in [2.45, 2.75) is 38.4 Å². The summed E-state index contributed by atoms with van der Waals surface area (Å²) in [6.45, 7) is 1.31. The fourth-order valence-corrected chi connectivity index (χ4v) is 0.749. The third-order valence-electron chi connectivity index (χ3n) is 1.67. The lowest BCUT2D eigenvalue weighted by Crippen LogP contribution is -2.29. The van der Waals surface area contributed by atoms with Crippen molar-refractivity contribution in [3.8, 4) is 0 Å². The lowest BCUT2D eigenvalue weighted by Gasteiger charge is -2.25. The molecule has 1 radical (unpaired) electrons. The second-order valence-corrected chi connectivity index (χ2v) is 2.63. The van der Waals surface area contributed by atoms with E-state index in [-0.39, 0.29) is 6.10 Å². The van der Waals surface area contributed by atoms with E-state index in [0.717, 1.165) is 19.3 Å². The summed E-state index contributed by atoms with van der Waals surface area (Å²) in [5.41, 5.74) is 0. The van der Waals surface area contributed by atoms with Crippen molar-refractivity contribution < 1.29 is 14.6 Å². The molecule has 1 atom stereocenters.